The second-order valence-corrected chi connectivity index (χ2v) is 7.18. The van der Waals surface area contributed by atoms with Crippen LogP contribution in [0.4, 0.5) is 0 Å². The minimum atomic E-state index is -0.642. The molecule has 1 fully saturated rings. The van der Waals surface area contributed by atoms with Gasteiger partial charge in [0.05, 0.1) is 0 Å². The van der Waals surface area contributed by atoms with Crippen LogP contribution in [-0.2, 0) is 11.2 Å². The van der Waals surface area contributed by atoms with Crippen LogP contribution in [0.2, 0.25) is 5.02 Å². The van der Waals surface area contributed by atoms with E-state index in [9.17, 15) is 9.59 Å². The predicted molar refractivity (Wildman–Crippen MR) is 114 cm³/mol. The van der Waals surface area contributed by atoms with E-state index >= 15 is 0 Å². The highest BCUT2D eigenvalue weighted by Crippen LogP contribution is 2.17. The van der Waals surface area contributed by atoms with E-state index < -0.39 is 6.04 Å². The Kier molecular flexibility index (Phi) is 8.77. The summed E-state index contributed by atoms with van der Waals surface area (Å²) in [5, 5.41) is 9.68. The molecule has 5 nitrogen and oxygen atoms in total. The molecule has 2 amide bonds. The topological polar surface area (TPSA) is 70.2 Å². The van der Waals surface area contributed by atoms with Crippen molar-refractivity contribution in [3.05, 3.63) is 70.7 Å². The molecule has 1 atom stereocenters. The number of hydrogen-bond donors (Lipinski definition) is 3. The first-order valence-electron chi connectivity index (χ1n) is 9.23. The summed E-state index contributed by atoms with van der Waals surface area (Å²) in [6.07, 6.45) is 2.85. The molecule has 0 aromatic heterocycles. The molecular formula is C21H25Cl2N3O2. The molecule has 1 aliphatic rings. The fraction of sp³-hybridized carbons (Fsp3) is 0.333. The average molecular weight is 422 g/mol. The van der Waals surface area contributed by atoms with Crippen LogP contribution in [0.3, 0.4) is 0 Å². The Hall–Kier alpha value is -2.08. The second-order valence-electron chi connectivity index (χ2n) is 6.74. The maximum atomic E-state index is 12.7. The molecule has 2 aromatic rings. The zero-order valence-electron chi connectivity index (χ0n) is 15.5. The number of amides is 2. The Morgan fingerprint density at radius 2 is 1.68 bits per heavy atom. The molecule has 2 aromatic carbocycles. The molecule has 0 saturated heterocycles. The van der Waals surface area contributed by atoms with Gasteiger partial charge in [0, 0.05) is 36.1 Å². The van der Waals surface area contributed by atoms with Crippen molar-refractivity contribution in [1.29, 1.82) is 0 Å². The van der Waals surface area contributed by atoms with Gasteiger partial charge in [0.1, 0.15) is 6.04 Å². The smallest absolute Gasteiger partial charge is 0.251 e. The van der Waals surface area contributed by atoms with Crippen molar-refractivity contribution in [2.75, 3.05) is 13.1 Å². The van der Waals surface area contributed by atoms with Crippen LogP contribution in [0.1, 0.15) is 28.8 Å². The maximum Gasteiger partial charge on any atom is 0.251 e. The summed E-state index contributed by atoms with van der Waals surface area (Å²) in [5.74, 6) is -0.474. The molecule has 0 bridgehead atoms. The van der Waals surface area contributed by atoms with Gasteiger partial charge in [-0.05, 0) is 42.7 Å². The zero-order chi connectivity index (χ0) is 19.1. The maximum absolute atomic E-state index is 12.7. The molecular weight excluding hydrogens is 397 g/mol. The summed E-state index contributed by atoms with van der Waals surface area (Å²) >= 11 is 5.88. The molecule has 1 aliphatic carbocycles. The van der Waals surface area contributed by atoms with Crippen LogP contribution < -0.4 is 16.0 Å². The normalized spacial score (nSPS) is 13.9. The lowest BCUT2D eigenvalue weighted by Gasteiger charge is -2.19. The average Bonchev–Trinajstić information content (AvgIpc) is 3.50. The quantitative estimate of drug-likeness (QED) is 0.545. The van der Waals surface area contributed by atoms with Gasteiger partial charge in [-0.25, -0.2) is 0 Å². The molecule has 28 heavy (non-hydrogen) atoms. The number of hydrogen-bond acceptors (Lipinski definition) is 3. The van der Waals surface area contributed by atoms with Gasteiger partial charge < -0.3 is 16.0 Å². The van der Waals surface area contributed by atoms with Crippen molar-refractivity contribution in [2.45, 2.75) is 31.3 Å². The van der Waals surface area contributed by atoms with E-state index in [1.807, 2.05) is 30.3 Å². The third kappa shape index (κ3) is 7.15. The van der Waals surface area contributed by atoms with Crippen molar-refractivity contribution < 1.29 is 9.59 Å². The lowest BCUT2D eigenvalue weighted by Crippen LogP contribution is -2.49. The molecule has 0 aliphatic heterocycles. The number of carbonyl (C=O) groups is 2. The number of benzene rings is 2. The first-order chi connectivity index (χ1) is 13.1. The van der Waals surface area contributed by atoms with Gasteiger partial charge in [0.15, 0.2) is 0 Å². The Labute approximate surface area is 176 Å². The van der Waals surface area contributed by atoms with Crippen molar-refractivity contribution in [3.8, 4) is 0 Å². The van der Waals surface area contributed by atoms with Crippen molar-refractivity contribution >= 4 is 35.8 Å². The van der Waals surface area contributed by atoms with E-state index in [-0.39, 0.29) is 24.2 Å². The molecule has 1 unspecified atom stereocenters. The Bertz CT molecular complexity index is 765. The highest BCUT2D eigenvalue weighted by molar-refractivity contribution is 6.30. The van der Waals surface area contributed by atoms with E-state index in [0.717, 1.165) is 12.1 Å². The minimum Gasteiger partial charge on any atom is -0.353 e. The highest BCUT2D eigenvalue weighted by Gasteiger charge is 2.23. The van der Waals surface area contributed by atoms with Crippen LogP contribution in [0.25, 0.3) is 0 Å². The Morgan fingerprint density at radius 1 is 1.00 bits per heavy atom. The van der Waals surface area contributed by atoms with E-state index in [1.54, 1.807) is 24.3 Å². The molecule has 150 valence electrons. The number of halogens is 2. The zero-order valence-corrected chi connectivity index (χ0v) is 17.1. The lowest BCUT2D eigenvalue weighted by molar-refractivity contribution is -0.122. The van der Waals surface area contributed by atoms with Gasteiger partial charge in [0.25, 0.3) is 5.91 Å². The first kappa shape index (κ1) is 22.2. The van der Waals surface area contributed by atoms with Gasteiger partial charge in [-0.2, -0.15) is 0 Å². The monoisotopic (exact) mass is 421 g/mol. The van der Waals surface area contributed by atoms with E-state index in [1.165, 1.54) is 12.8 Å². The molecule has 0 radical (unpaired) electrons. The Morgan fingerprint density at radius 3 is 2.32 bits per heavy atom. The minimum absolute atomic E-state index is 0. The fourth-order valence-corrected chi connectivity index (χ4v) is 2.90. The molecule has 3 rings (SSSR count). The van der Waals surface area contributed by atoms with Crippen LogP contribution >= 0.6 is 24.0 Å². The van der Waals surface area contributed by atoms with Gasteiger partial charge in [-0.3, -0.25) is 9.59 Å². The SMILES string of the molecule is Cl.O=C(NC(Cc1ccccc1)C(=O)NCCNC1CC1)c1ccc(Cl)cc1. The third-order valence-corrected chi connectivity index (χ3v) is 4.70. The van der Waals surface area contributed by atoms with Gasteiger partial charge in [-0.1, -0.05) is 41.9 Å². The van der Waals surface area contributed by atoms with Crippen molar-refractivity contribution in [3.63, 3.8) is 0 Å². The molecule has 0 heterocycles. The van der Waals surface area contributed by atoms with Crippen LogP contribution in [0, 0.1) is 0 Å². The van der Waals surface area contributed by atoms with E-state index in [0.29, 0.717) is 29.6 Å². The Balaban J connectivity index is 0.00000280. The summed E-state index contributed by atoms with van der Waals surface area (Å²) in [7, 11) is 0. The second kappa shape index (κ2) is 11.1. The van der Waals surface area contributed by atoms with Crippen LogP contribution in [-0.4, -0.2) is 37.0 Å². The number of carbonyl (C=O) groups excluding carboxylic acids is 2. The predicted octanol–water partition coefficient (Wildman–Crippen LogP) is 2.97. The van der Waals surface area contributed by atoms with Crippen molar-refractivity contribution in [2.24, 2.45) is 0 Å². The fourth-order valence-electron chi connectivity index (χ4n) is 2.77. The number of nitrogens with one attached hydrogen (secondary N) is 3. The highest BCUT2D eigenvalue weighted by atomic mass is 35.5. The molecule has 7 heteroatoms. The summed E-state index contributed by atoms with van der Waals surface area (Å²) in [5.41, 5.74) is 1.46. The lowest BCUT2D eigenvalue weighted by atomic mass is 10.0. The van der Waals surface area contributed by atoms with Crippen LogP contribution in [0.5, 0.6) is 0 Å². The summed E-state index contributed by atoms with van der Waals surface area (Å²) in [6, 6.07) is 16.2. The van der Waals surface area contributed by atoms with E-state index in [2.05, 4.69) is 16.0 Å². The molecule has 1 saturated carbocycles. The summed E-state index contributed by atoms with van der Waals surface area (Å²) in [6.45, 7) is 1.27. The number of rotatable bonds is 9. The van der Waals surface area contributed by atoms with Gasteiger partial charge in [0.2, 0.25) is 5.91 Å². The van der Waals surface area contributed by atoms with Crippen LogP contribution in [0.15, 0.2) is 54.6 Å². The first-order valence-corrected chi connectivity index (χ1v) is 9.61. The summed E-state index contributed by atoms with van der Waals surface area (Å²) < 4.78 is 0. The van der Waals surface area contributed by atoms with Gasteiger partial charge >= 0.3 is 0 Å². The molecule has 3 N–H and O–H groups in total. The largest absolute Gasteiger partial charge is 0.353 e. The standard InChI is InChI=1S/C21H24ClN3O2.ClH/c22-17-8-6-16(7-9-17)20(26)25-19(14-15-4-2-1-3-5-15)21(27)24-13-12-23-18-10-11-18;/h1-9,18-19,23H,10-14H2,(H,24,27)(H,25,26);1H. The van der Waals surface area contributed by atoms with Crippen molar-refractivity contribution in [1.82, 2.24) is 16.0 Å². The third-order valence-electron chi connectivity index (χ3n) is 4.45. The van der Waals surface area contributed by atoms with E-state index in [4.69, 9.17) is 11.6 Å². The molecule has 0 spiro atoms. The van der Waals surface area contributed by atoms with Gasteiger partial charge in [-0.15, -0.1) is 12.4 Å². The summed E-state index contributed by atoms with van der Waals surface area (Å²) in [4.78, 5) is 25.2.